The van der Waals surface area contributed by atoms with E-state index in [0.29, 0.717) is 39.6 Å². The number of hydrogen-bond acceptors (Lipinski definition) is 5. The fourth-order valence-electron chi connectivity index (χ4n) is 1.92. The topological polar surface area (TPSA) is 60.0 Å². The van der Waals surface area contributed by atoms with Crippen molar-refractivity contribution in [2.24, 2.45) is 0 Å². The van der Waals surface area contributed by atoms with Crippen LogP contribution in [0, 0.1) is 0 Å². The molecule has 0 heterocycles. The smallest absolute Gasteiger partial charge is 0.0743 e. The third-order valence-corrected chi connectivity index (χ3v) is 3.10. The van der Waals surface area contributed by atoms with Gasteiger partial charge in [-0.1, -0.05) is 26.7 Å². The molecule has 0 aromatic carbocycles. The molecular weight excluding hydrogens is 270 g/mol. The first-order chi connectivity index (χ1) is 10.1. The minimum Gasteiger partial charge on any atom is -0.389 e. The van der Waals surface area contributed by atoms with Crippen molar-refractivity contribution in [3.63, 3.8) is 0 Å². The van der Waals surface area contributed by atoms with Crippen molar-refractivity contribution in [3.8, 4) is 0 Å². The molecule has 0 aromatic heterocycles. The second kappa shape index (κ2) is 14.7. The van der Waals surface area contributed by atoms with Gasteiger partial charge in [0.05, 0.1) is 38.6 Å². The highest BCUT2D eigenvalue weighted by molar-refractivity contribution is 4.74. The fourth-order valence-corrected chi connectivity index (χ4v) is 1.92. The van der Waals surface area contributed by atoms with Gasteiger partial charge in [-0.15, -0.1) is 0 Å². The Morgan fingerprint density at radius 3 is 2.00 bits per heavy atom. The largest absolute Gasteiger partial charge is 0.389 e. The zero-order valence-corrected chi connectivity index (χ0v) is 14.2. The van der Waals surface area contributed by atoms with Gasteiger partial charge in [0.25, 0.3) is 0 Å². The van der Waals surface area contributed by atoms with Crippen LogP contribution in [-0.4, -0.2) is 63.4 Å². The second-order valence-electron chi connectivity index (χ2n) is 5.61. The van der Waals surface area contributed by atoms with E-state index in [-0.39, 0.29) is 0 Å². The van der Waals surface area contributed by atoms with Gasteiger partial charge < -0.3 is 24.6 Å². The highest BCUT2D eigenvalue weighted by Crippen LogP contribution is 2.09. The van der Waals surface area contributed by atoms with Crippen LogP contribution in [0.25, 0.3) is 0 Å². The molecule has 0 aliphatic heterocycles. The van der Waals surface area contributed by atoms with Gasteiger partial charge >= 0.3 is 0 Å². The average molecular weight is 305 g/mol. The maximum atomic E-state index is 9.96. The molecule has 5 nitrogen and oxygen atoms in total. The van der Waals surface area contributed by atoms with E-state index < -0.39 is 5.60 Å². The van der Waals surface area contributed by atoms with Crippen molar-refractivity contribution in [2.45, 2.75) is 52.1 Å². The summed E-state index contributed by atoms with van der Waals surface area (Å²) in [6.07, 6.45) is 4.08. The van der Waals surface area contributed by atoms with E-state index in [2.05, 4.69) is 19.2 Å². The summed E-state index contributed by atoms with van der Waals surface area (Å²) in [5, 5.41) is 13.2. The molecule has 2 N–H and O–H groups in total. The molecule has 0 bridgehead atoms. The predicted octanol–water partition coefficient (Wildman–Crippen LogP) is 1.98. The Hall–Kier alpha value is -0.200. The Labute approximate surface area is 130 Å². The zero-order chi connectivity index (χ0) is 15.8. The molecular formula is C16H35NO4. The summed E-state index contributed by atoms with van der Waals surface area (Å²) in [6, 6.07) is 0. The van der Waals surface area contributed by atoms with Crippen LogP contribution in [0.5, 0.6) is 0 Å². The predicted molar refractivity (Wildman–Crippen MR) is 85.8 cm³/mol. The quantitative estimate of drug-likeness (QED) is 0.427. The molecule has 0 fully saturated rings. The van der Waals surface area contributed by atoms with E-state index in [1.807, 2.05) is 6.92 Å². The molecule has 0 rings (SSSR count). The van der Waals surface area contributed by atoms with E-state index in [9.17, 15) is 5.11 Å². The number of unbranched alkanes of at least 4 members (excludes halogenated alkanes) is 1. The van der Waals surface area contributed by atoms with E-state index in [1.165, 1.54) is 0 Å². The molecule has 21 heavy (non-hydrogen) atoms. The Bertz CT molecular complexity index is 212. The van der Waals surface area contributed by atoms with Crippen LogP contribution in [0.2, 0.25) is 0 Å². The Balaban J connectivity index is 3.12. The Morgan fingerprint density at radius 1 is 0.857 bits per heavy atom. The number of rotatable bonds is 16. The maximum absolute atomic E-state index is 9.96. The number of hydrogen-bond donors (Lipinski definition) is 2. The van der Waals surface area contributed by atoms with E-state index in [0.717, 1.165) is 38.8 Å². The van der Waals surface area contributed by atoms with Crippen LogP contribution < -0.4 is 5.32 Å². The van der Waals surface area contributed by atoms with Crippen molar-refractivity contribution < 1.29 is 19.3 Å². The van der Waals surface area contributed by atoms with Gasteiger partial charge in [-0.2, -0.15) is 0 Å². The zero-order valence-electron chi connectivity index (χ0n) is 14.2. The van der Waals surface area contributed by atoms with Crippen molar-refractivity contribution in [2.75, 3.05) is 52.7 Å². The summed E-state index contributed by atoms with van der Waals surface area (Å²) in [7, 11) is 0. The number of nitrogens with one attached hydrogen (secondary N) is 1. The van der Waals surface area contributed by atoms with Gasteiger partial charge in [0.2, 0.25) is 0 Å². The summed E-state index contributed by atoms with van der Waals surface area (Å²) in [5.74, 6) is 0. The molecule has 0 aliphatic carbocycles. The van der Waals surface area contributed by atoms with Gasteiger partial charge in [0.1, 0.15) is 0 Å². The second-order valence-corrected chi connectivity index (χ2v) is 5.61. The van der Waals surface area contributed by atoms with Gasteiger partial charge in [-0.05, 0) is 19.8 Å². The van der Waals surface area contributed by atoms with E-state index >= 15 is 0 Å². The maximum Gasteiger partial charge on any atom is 0.0743 e. The van der Waals surface area contributed by atoms with E-state index in [1.54, 1.807) is 0 Å². The first-order valence-corrected chi connectivity index (χ1v) is 8.28. The molecule has 1 atom stereocenters. The van der Waals surface area contributed by atoms with Crippen LogP contribution in [0.4, 0.5) is 0 Å². The van der Waals surface area contributed by atoms with Crippen molar-refractivity contribution in [3.05, 3.63) is 0 Å². The molecule has 0 amide bonds. The molecule has 0 saturated carbocycles. The third kappa shape index (κ3) is 16.0. The lowest BCUT2D eigenvalue weighted by Gasteiger charge is -2.22. The number of aliphatic hydroxyl groups is 1. The Kier molecular flexibility index (Phi) is 14.6. The van der Waals surface area contributed by atoms with Crippen molar-refractivity contribution in [1.82, 2.24) is 5.32 Å². The van der Waals surface area contributed by atoms with Crippen LogP contribution in [0.15, 0.2) is 0 Å². The van der Waals surface area contributed by atoms with Crippen LogP contribution in [-0.2, 0) is 14.2 Å². The minimum atomic E-state index is -0.615. The van der Waals surface area contributed by atoms with Crippen molar-refractivity contribution in [1.29, 1.82) is 0 Å². The van der Waals surface area contributed by atoms with Crippen LogP contribution >= 0.6 is 0 Å². The van der Waals surface area contributed by atoms with Crippen molar-refractivity contribution >= 4 is 0 Å². The standard InChI is InChI=1S/C16H35NO4/c1-4-6-9-19-11-13-21-14-12-20-10-8-17-15-16(3,18)7-5-2/h17-18H,4-15H2,1-3H3. The number of ether oxygens (including phenoxy) is 3. The van der Waals surface area contributed by atoms with Gasteiger partial charge in [0, 0.05) is 19.7 Å². The normalized spacial score (nSPS) is 14.3. The molecule has 0 aromatic rings. The summed E-state index contributed by atoms with van der Waals surface area (Å²) in [6.45, 7) is 11.4. The average Bonchev–Trinajstić information content (AvgIpc) is 2.44. The lowest BCUT2D eigenvalue weighted by molar-refractivity contribution is 0.0128. The molecule has 0 saturated heterocycles. The van der Waals surface area contributed by atoms with Gasteiger partial charge in [-0.3, -0.25) is 0 Å². The van der Waals surface area contributed by atoms with Crippen LogP contribution in [0.3, 0.4) is 0 Å². The Morgan fingerprint density at radius 2 is 1.43 bits per heavy atom. The minimum absolute atomic E-state index is 0.599. The summed E-state index contributed by atoms with van der Waals surface area (Å²) < 4.78 is 16.2. The van der Waals surface area contributed by atoms with Gasteiger partial charge in [0.15, 0.2) is 0 Å². The molecule has 0 spiro atoms. The molecule has 128 valence electrons. The summed E-state index contributed by atoms with van der Waals surface area (Å²) in [5.41, 5.74) is -0.615. The monoisotopic (exact) mass is 305 g/mol. The van der Waals surface area contributed by atoms with Gasteiger partial charge in [-0.25, -0.2) is 0 Å². The van der Waals surface area contributed by atoms with E-state index in [4.69, 9.17) is 14.2 Å². The molecule has 0 radical (unpaired) electrons. The molecule has 5 heteroatoms. The highest BCUT2D eigenvalue weighted by atomic mass is 16.5. The lowest BCUT2D eigenvalue weighted by Crippen LogP contribution is -2.38. The lowest BCUT2D eigenvalue weighted by atomic mass is 10.0. The fraction of sp³-hybridized carbons (Fsp3) is 1.00. The first kappa shape index (κ1) is 20.8. The summed E-state index contributed by atoms with van der Waals surface area (Å²) >= 11 is 0. The third-order valence-electron chi connectivity index (χ3n) is 3.10. The molecule has 0 aliphatic rings. The molecule has 1 unspecified atom stereocenters. The first-order valence-electron chi connectivity index (χ1n) is 8.28. The SMILES string of the molecule is CCCCOCCOCCOCCNCC(C)(O)CCC. The highest BCUT2D eigenvalue weighted by Gasteiger charge is 2.17. The van der Waals surface area contributed by atoms with Crippen LogP contribution in [0.1, 0.15) is 46.5 Å². The summed E-state index contributed by atoms with van der Waals surface area (Å²) in [4.78, 5) is 0.